The number of hydrogen-bond acceptors (Lipinski definition) is 1. The van der Waals surface area contributed by atoms with Crippen molar-refractivity contribution in [1.29, 1.82) is 0 Å². The van der Waals surface area contributed by atoms with Crippen LogP contribution in [0.4, 0.5) is 0 Å². The number of aryl methyl sites for hydroxylation is 3. The van der Waals surface area contributed by atoms with Gasteiger partial charge in [0.1, 0.15) is 0 Å². The second-order valence-corrected chi connectivity index (χ2v) is 8.43. The van der Waals surface area contributed by atoms with E-state index >= 15 is 0 Å². The summed E-state index contributed by atoms with van der Waals surface area (Å²) in [6, 6.07) is 23.3. The Morgan fingerprint density at radius 2 is 1.78 bits per heavy atom. The molecule has 0 unspecified atom stereocenters. The van der Waals surface area contributed by atoms with Gasteiger partial charge in [-0.25, -0.2) is 0 Å². The third-order valence-corrected chi connectivity index (χ3v) is 6.27. The average Bonchev–Trinajstić information content (AvgIpc) is 3.13. The smallest absolute Gasteiger partial charge is 0.0614 e. The number of fused-ring (bicyclic) bond motifs is 6. The molecule has 32 heavy (non-hydrogen) atoms. The largest absolute Gasteiger partial charge is 0.337 e. The summed E-state index contributed by atoms with van der Waals surface area (Å²) in [5.41, 5.74) is 9.46. The van der Waals surface area contributed by atoms with Gasteiger partial charge in [0, 0.05) is 37.0 Å². The van der Waals surface area contributed by atoms with Gasteiger partial charge >= 0.3 is 0 Å². The van der Waals surface area contributed by atoms with Crippen LogP contribution in [0, 0.1) is 19.9 Å². The molecule has 0 bridgehead atoms. The molecular formula is C29H27IrN2-. The summed E-state index contributed by atoms with van der Waals surface area (Å²) in [6.07, 6.45) is 5.27. The van der Waals surface area contributed by atoms with Crippen LogP contribution in [-0.2, 0) is 26.5 Å². The molecule has 2 heterocycles. The van der Waals surface area contributed by atoms with Crippen molar-refractivity contribution >= 4 is 33.4 Å². The molecule has 0 spiro atoms. The molecule has 1 radical (unpaired) electrons. The second-order valence-electron chi connectivity index (χ2n) is 8.43. The first kappa shape index (κ1) is 22.5. The van der Waals surface area contributed by atoms with Gasteiger partial charge in [-0.05, 0) is 49.3 Å². The Morgan fingerprint density at radius 1 is 1.00 bits per heavy atom. The SMILES string of the molecule is C=Cc1ccc(-c2c[c-]c3c(c2)c2ccc(C)cc2n2c(CCCC)c(C)nc32)cc1.[Ir]. The molecule has 0 saturated heterocycles. The molecule has 2 nitrogen and oxygen atoms in total. The van der Waals surface area contributed by atoms with E-state index in [0.29, 0.717) is 0 Å². The summed E-state index contributed by atoms with van der Waals surface area (Å²) in [5, 5.41) is 3.55. The van der Waals surface area contributed by atoms with Gasteiger partial charge in [-0.2, -0.15) is 0 Å². The Balaban J connectivity index is 0.00000245. The molecule has 0 aliphatic rings. The molecule has 5 rings (SSSR count). The van der Waals surface area contributed by atoms with Crippen molar-refractivity contribution < 1.29 is 20.1 Å². The zero-order valence-corrected chi connectivity index (χ0v) is 21.2. The number of nitrogens with zero attached hydrogens (tertiary/aromatic N) is 2. The van der Waals surface area contributed by atoms with Crippen LogP contribution in [0.1, 0.15) is 42.3 Å². The van der Waals surface area contributed by atoms with E-state index in [1.165, 1.54) is 51.5 Å². The summed E-state index contributed by atoms with van der Waals surface area (Å²) in [4.78, 5) is 5.02. The van der Waals surface area contributed by atoms with Gasteiger partial charge < -0.3 is 4.40 Å². The monoisotopic (exact) mass is 596 g/mol. The van der Waals surface area contributed by atoms with Crippen molar-refractivity contribution in [2.75, 3.05) is 0 Å². The molecule has 0 aliphatic carbocycles. The molecule has 0 atom stereocenters. The average molecular weight is 596 g/mol. The Hall–Kier alpha value is -2.74. The van der Waals surface area contributed by atoms with E-state index in [-0.39, 0.29) is 20.1 Å². The van der Waals surface area contributed by atoms with E-state index in [0.717, 1.165) is 28.7 Å². The first-order valence-corrected chi connectivity index (χ1v) is 11.1. The minimum atomic E-state index is 0. The molecule has 0 aliphatic heterocycles. The molecular weight excluding hydrogens is 569 g/mol. The van der Waals surface area contributed by atoms with Crippen molar-refractivity contribution in [2.24, 2.45) is 0 Å². The molecule has 3 heteroatoms. The Bertz CT molecular complexity index is 1440. The second kappa shape index (κ2) is 9.02. The summed E-state index contributed by atoms with van der Waals surface area (Å²) >= 11 is 0. The van der Waals surface area contributed by atoms with Crippen molar-refractivity contribution in [3.05, 3.63) is 89.8 Å². The first-order chi connectivity index (χ1) is 15.1. The third-order valence-electron chi connectivity index (χ3n) is 6.27. The van der Waals surface area contributed by atoms with Gasteiger partial charge in [-0.3, -0.25) is 4.98 Å². The van der Waals surface area contributed by atoms with Crippen LogP contribution < -0.4 is 0 Å². The van der Waals surface area contributed by atoms with E-state index < -0.39 is 0 Å². The van der Waals surface area contributed by atoms with Crippen LogP contribution in [0.15, 0.2) is 61.2 Å². The molecule has 5 aromatic rings. The van der Waals surface area contributed by atoms with Crippen LogP contribution in [0.25, 0.3) is 44.5 Å². The maximum atomic E-state index is 5.02. The fourth-order valence-electron chi connectivity index (χ4n) is 4.55. The van der Waals surface area contributed by atoms with Crippen molar-refractivity contribution in [3.8, 4) is 11.1 Å². The molecule has 0 fully saturated rings. The van der Waals surface area contributed by atoms with Crippen LogP contribution in [0.5, 0.6) is 0 Å². The van der Waals surface area contributed by atoms with Gasteiger partial charge in [0.25, 0.3) is 0 Å². The zero-order chi connectivity index (χ0) is 21.5. The number of hydrogen-bond donors (Lipinski definition) is 0. The minimum absolute atomic E-state index is 0. The maximum absolute atomic E-state index is 5.02. The van der Waals surface area contributed by atoms with Gasteiger partial charge in [0.05, 0.1) is 5.65 Å². The number of aromatic nitrogens is 2. The Morgan fingerprint density at radius 3 is 2.50 bits per heavy atom. The van der Waals surface area contributed by atoms with Crippen LogP contribution in [-0.4, -0.2) is 9.38 Å². The van der Waals surface area contributed by atoms with Crippen molar-refractivity contribution in [1.82, 2.24) is 9.38 Å². The first-order valence-electron chi connectivity index (χ1n) is 11.1. The Labute approximate surface area is 203 Å². The number of imidazole rings is 1. The van der Waals surface area contributed by atoms with E-state index in [2.05, 4.69) is 92.4 Å². The predicted molar refractivity (Wildman–Crippen MR) is 133 cm³/mol. The van der Waals surface area contributed by atoms with E-state index in [1.54, 1.807) is 0 Å². The number of rotatable bonds is 5. The zero-order valence-electron chi connectivity index (χ0n) is 18.8. The van der Waals surface area contributed by atoms with Gasteiger partial charge in [0.2, 0.25) is 0 Å². The third kappa shape index (κ3) is 3.70. The summed E-state index contributed by atoms with van der Waals surface area (Å²) in [7, 11) is 0. The Kier molecular flexibility index (Phi) is 6.33. The van der Waals surface area contributed by atoms with Gasteiger partial charge in [-0.15, -0.1) is 23.6 Å². The van der Waals surface area contributed by atoms with E-state index in [1.807, 2.05) is 6.08 Å². The molecule has 0 N–H and O–H groups in total. The van der Waals surface area contributed by atoms with E-state index in [4.69, 9.17) is 4.98 Å². The molecule has 2 aromatic heterocycles. The van der Waals surface area contributed by atoms with Crippen LogP contribution in [0.2, 0.25) is 0 Å². The quantitative estimate of drug-likeness (QED) is 0.150. The van der Waals surface area contributed by atoms with Crippen molar-refractivity contribution in [2.45, 2.75) is 40.0 Å². The standard InChI is InChI=1S/C29H27N2.Ir/c1-5-7-8-27-20(4)30-29-25-16-14-23(22-12-10-21(6-2)11-13-22)18-26(25)24-15-9-19(3)17-28(24)31(27)29;/h6,9-15,17-18H,2,5,7-8H2,1,3-4H3;/q-1;. The summed E-state index contributed by atoms with van der Waals surface area (Å²) < 4.78 is 2.38. The maximum Gasteiger partial charge on any atom is 0.0614 e. The molecule has 0 saturated carbocycles. The van der Waals surface area contributed by atoms with Gasteiger partial charge in [-0.1, -0.05) is 78.9 Å². The summed E-state index contributed by atoms with van der Waals surface area (Å²) in [6.45, 7) is 10.4. The molecule has 0 amide bonds. The number of unbranched alkanes of at least 4 members (excludes halogenated alkanes) is 1. The van der Waals surface area contributed by atoms with Crippen molar-refractivity contribution in [3.63, 3.8) is 0 Å². The molecule has 163 valence electrons. The fraction of sp³-hybridized carbons (Fsp3) is 0.207. The normalized spacial score (nSPS) is 11.2. The topological polar surface area (TPSA) is 17.3 Å². The van der Waals surface area contributed by atoms with Crippen LogP contribution in [0.3, 0.4) is 0 Å². The van der Waals surface area contributed by atoms with Gasteiger partial charge in [0.15, 0.2) is 0 Å². The number of pyridine rings is 1. The van der Waals surface area contributed by atoms with E-state index in [9.17, 15) is 0 Å². The fourth-order valence-corrected chi connectivity index (χ4v) is 4.55. The number of benzene rings is 3. The van der Waals surface area contributed by atoms with Crippen LogP contribution >= 0.6 is 0 Å². The molecule has 3 aromatic carbocycles. The summed E-state index contributed by atoms with van der Waals surface area (Å²) in [5.74, 6) is 0. The minimum Gasteiger partial charge on any atom is -0.337 e. The predicted octanol–water partition coefficient (Wildman–Crippen LogP) is 7.71.